The Bertz CT molecular complexity index is 439. The second-order valence-corrected chi connectivity index (χ2v) is 7.52. The van der Waals surface area contributed by atoms with Crippen LogP contribution < -0.4 is 5.73 Å². The number of nitrogens with zero attached hydrogens (tertiary/aromatic N) is 1. The molecule has 2 atom stereocenters. The zero-order valence-corrected chi connectivity index (χ0v) is 13.5. The van der Waals surface area contributed by atoms with Gasteiger partial charge in [0, 0.05) is 19.1 Å². The molecule has 0 heterocycles. The first-order valence-electron chi connectivity index (χ1n) is 7.85. The van der Waals surface area contributed by atoms with Crippen molar-refractivity contribution < 1.29 is 0 Å². The molecule has 20 heavy (non-hydrogen) atoms. The Morgan fingerprint density at radius 3 is 2.80 bits per heavy atom. The highest BCUT2D eigenvalue weighted by Crippen LogP contribution is 2.38. The van der Waals surface area contributed by atoms with Gasteiger partial charge in [0.1, 0.15) is 0 Å². The number of aryl methyl sites for hydroxylation is 1. The standard InChI is InChI=1S/C18H30N2/c1-14-6-5-7-15(10-14)12-20(4)13-16-11-18(2,3)9-8-17(16)19/h5-7,10,16-17H,8-9,11-13,19H2,1-4H3. The molecule has 0 amide bonds. The maximum atomic E-state index is 6.34. The normalized spacial score (nSPS) is 25.9. The fourth-order valence-corrected chi connectivity index (χ4v) is 3.54. The van der Waals surface area contributed by atoms with Gasteiger partial charge in [0.2, 0.25) is 0 Å². The summed E-state index contributed by atoms with van der Waals surface area (Å²) in [4.78, 5) is 2.43. The zero-order chi connectivity index (χ0) is 14.8. The van der Waals surface area contributed by atoms with Gasteiger partial charge in [0.25, 0.3) is 0 Å². The molecule has 1 aliphatic rings. The van der Waals surface area contributed by atoms with Gasteiger partial charge in [-0.05, 0) is 50.1 Å². The first kappa shape index (κ1) is 15.5. The molecule has 0 saturated heterocycles. The average Bonchev–Trinajstić information content (AvgIpc) is 2.33. The summed E-state index contributed by atoms with van der Waals surface area (Å²) in [5.74, 6) is 0.633. The first-order chi connectivity index (χ1) is 9.35. The van der Waals surface area contributed by atoms with Gasteiger partial charge in [0.05, 0.1) is 0 Å². The zero-order valence-electron chi connectivity index (χ0n) is 13.5. The van der Waals surface area contributed by atoms with E-state index in [1.54, 1.807) is 0 Å². The second kappa shape index (κ2) is 6.28. The Morgan fingerprint density at radius 2 is 2.10 bits per heavy atom. The molecule has 2 rings (SSSR count). The monoisotopic (exact) mass is 274 g/mol. The Balaban J connectivity index is 1.91. The average molecular weight is 274 g/mol. The Kier molecular flexibility index (Phi) is 4.87. The van der Waals surface area contributed by atoms with Crippen LogP contribution in [-0.2, 0) is 6.54 Å². The molecule has 0 spiro atoms. The quantitative estimate of drug-likeness (QED) is 0.909. The van der Waals surface area contributed by atoms with Crippen LogP contribution in [0.25, 0.3) is 0 Å². The molecule has 1 aromatic carbocycles. The van der Waals surface area contributed by atoms with Crippen LogP contribution in [0, 0.1) is 18.3 Å². The van der Waals surface area contributed by atoms with Gasteiger partial charge < -0.3 is 10.6 Å². The lowest BCUT2D eigenvalue weighted by atomic mass is 9.70. The van der Waals surface area contributed by atoms with E-state index in [0.717, 1.165) is 13.1 Å². The van der Waals surface area contributed by atoms with E-state index in [9.17, 15) is 0 Å². The lowest BCUT2D eigenvalue weighted by Gasteiger charge is -2.40. The van der Waals surface area contributed by atoms with E-state index >= 15 is 0 Å². The third kappa shape index (κ3) is 4.32. The summed E-state index contributed by atoms with van der Waals surface area (Å²) in [6.07, 6.45) is 3.70. The Labute approximate surface area is 124 Å². The number of hydrogen-bond acceptors (Lipinski definition) is 2. The molecule has 0 aliphatic heterocycles. The Morgan fingerprint density at radius 1 is 1.35 bits per heavy atom. The van der Waals surface area contributed by atoms with Gasteiger partial charge >= 0.3 is 0 Å². The minimum absolute atomic E-state index is 0.378. The van der Waals surface area contributed by atoms with Gasteiger partial charge in [-0.3, -0.25) is 0 Å². The topological polar surface area (TPSA) is 29.3 Å². The summed E-state index contributed by atoms with van der Waals surface area (Å²) >= 11 is 0. The van der Waals surface area contributed by atoms with Crippen molar-refractivity contribution in [3.63, 3.8) is 0 Å². The van der Waals surface area contributed by atoms with Crippen molar-refractivity contribution in [2.45, 2.75) is 52.6 Å². The van der Waals surface area contributed by atoms with Gasteiger partial charge in [0.15, 0.2) is 0 Å². The molecule has 1 aromatic rings. The summed E-state index contributed by atoms with van der Waals surface area (Å²) in [7, 11) is 2.22. The van der Waals surface area contributed by atoms with Crippen molar-refractivity contribution in [1.82, 2.24) is 4.90 Å². The second-order valence-electron chi connectivity index (χ2n) is 7.52. The van der Waals surface area contributed by atoms with E-state index < -0.39 is 0 Å². The Hall–Kier alpha value is -0.860. The lowest BCUT2D eigenvalue weighted by Crippen LogP contribution is -2.44. The van der Waals surface area contributed by atoms with Gasteiger partial charge in [-0.15, -0.1) is 0 Å². The van der Waals surface area contributed by atoms with Crippen LogP contribution in [0.4, 0.5) is 0 Å². The SMILES string of the molecule is Cc1cccc(CN(C)CC2CC(C)(C)CCC2N)c1. The fraction of sp³-hybridized carbons (Fsp3) is 0.667. The molecule has 0 bridgehead atoms. The summed E-state index contributed by atoms with van der Waals surface area (Å²) < 4.78 is 0. The molecule has 1 aliphatic carbocycles. The largest absolute Gasteiger partial charge is 0.327 e. The molecule has 2 N–H and O–H groups in total. The molecule has 2 nitrogen and oxygen atoms in total. The lowest BCUT2D eigenvalue weighted by molar-refractivity contribution is 0.122. The minimum atomic E-state index is 0.378. The van der Waals surface area contributed by atoms with Gasteiger partial charge in [-0.25, -0.2) is 0 Å². The number of hydrogen-bond donors (Lipinski definition) is 1. The van der Waals surface area contributed by atoms with Crippen molar-refractivity contribution in [2.75, 3.05) is 13.6 Å². The molecule has 2 heteroatoms. The molecule has 2 unspecified atom stereocenters. The fourth-order valence-electron chi connectivity index (χ4n) is 3.54. The van der Waals surface area contributed by atoms with Crippen LogP contribution in [0.3, 0.4) is 0 Å². The smallest absolute Gasteiger partial charge is 0.0230 e. The summed E-state index contributed by atoms with van der Waals surface area (Å²) in [6.45, 7) is 9.05. The van der Waals surface area contributed by atoms with Crippen LogP contribution in [-0.4, -0.2) is 24.5 Å². The third-order valence-corrected chi connectivity index (χ3v) is 4.66. The summed E-state index contributed by atoms with van der Waals surface area (Å²) in [5.41, 5.74) is 9.54. The minimum Gasteiger partial charge on any atom is -0.327 e. The molecular formula is C18H30N2. The maximum absolute atomic E-state index is 6.34. The number of rotatable bonds is 4. The predicted molar refractivity (Wildman–Crippen MR) is 86.6 cm³/mol. The van der Waals surface area contributed by atoms with Crippen LogP contribution in [0.15, 0.2) is 24.3 Å². The van der Waals surface area contributed by atoms with E-state index in [-0.39, 0.29) is 0 Å². The van der Waals surface area contributed by atoms with Crippen molar-refractivity contribution in [3.8, 4) is 0 Å². The van der Waals surface area contributed by atoms with Crippen molar-refractivity contribution in [1.29, 1.82) is 0 Å². The molecule has 1 fully saturated rings. The molecule has 0 radical (unpaired) electrons. The van der Waals surface area contributed by atoms with Crippen molar-refractivity contribution in [2.24, 2.45) is 17.1 Å². The van der Waals surface area contributed by atoms with Crippen molar-refractivity contribution >= 4 is 0 Å². The van der Waals surface area contributed by atoms with E-state index in [1.807, 2.05) is 0 Å². The molecule has 112 valence electrons. The van der Waals surface area contributed by atoms with Gasteiger partial charge in [-0.1, -0.05) is 43.7 Å². The summed E-state index contributed by atoms with van der Waals surface area (Å²) in [5, 5.41) is 0. The highest BCUT2D eigenvalue weighted by atomic mass is 15.1. The van der Waals surface area contributed by atoms with Crippen LogP contribution >= 0.6 is 0 Å². The highest BCUT2D eigenvalue weighted by Gasteiger charge is 2.33. The third-order valence-electron chi connectivity index (χ3n) is 4.66. The molecule has 0 aromatic heterocycles. The van der Waals surface area contributed by atoms with Crippen molar-refractivity contribution in [3.05, 3.63) is 35.4 Å². The summed E-state index contributed by atoms with van der Waals surface area (Å²) in [6, 6.07) is 9.18. The van der Waals surface area contributed by atoms with E-state index in [1.165, 1.54) is 30.4 Å². The predicted octanol–water partition coefficient (Wildman–Crippen LogP) is 3.58. The van der Waals surface area contributed by atoms with E-state index in [0.29, 0.717) is 17.4 Å². The molecular weight excluding hydrogens is 244 g/mol. The molecule has 1 saturated carbocycles. The maximum Gasteiger partial charge on any atom is 0.0230 e. The number of benzene rings is 1. The van der Waals surface area contributed by atoms with E-state index in [2.05, 4.69) is 57.0 Å². The van der Waals surface area contributed by atoms with Crippen LogP contribution in [0.1, 0.15) is 44.2 Å². The van der Waals surface area contributed by atoms with Gasteiger partial charge in [-0.2, -0.15) is 0 Å². The van der Waals surface area contributed by atoms with Crippen LogP contribution in [0.5, 0.6) is 0 Å². The number of nitrogens with two attached hydrogens (primary N) is 1. The van der Waals surface area contributed by atoms with Crippen LogP contribution in [0.2, 0.25) is 0 Å². The van der Waals surface area contributed by atoms with E-state index in [4.69, 9.17) is 5.73 Å². The highest BCUT2D eigenvalue weighted by molar-refractivity contribution is 5.22. The first-order valence-corrected chi connectivity index (χ1v) is 7.85.